The van der Waals surface area contributed by atoms with Gasteiger partial charge in [-0.3, -0.25) is 4.79 Å². The van der Waals surface area contributed by atoms with E-state index in [0.717, 1.165) is 11.0 Å². The van der Waals surface area contributed by atoms with Gasteiger partial charge in [-0.25, -0.2) is 9.37 Å². The highest BCUT2D eigenvalue weighted by atomic mass is 35.5. The average Bonchev–Trinajstić information content (AvgIpc) is 2.90. The Morgan fingerprint density at radius 3 is 2.83 bits per heavy atom. The molecule has 118 valence electrons. The Labute approximate surface area is 137 Å². The Bertz CT molecular complexity index is 842. The molecular weight excluding hydrogens is 317 g/mol. The molecule has 1 aromatic heterocycles. The van der Waals surface area contributed by atoms with Gasteiger partial charge in [-0.15, -0.1) is 0 Å². The molecule has 0 saturated carbocycles. The molecule has 0 bridgehead atoms. The van der Waals surface area contributed by atoms with Crippen molar-refractivity contribution in [3.63, 3.8) is 0 Å². The number of rotatable bonds is 5. The predicted octanol–water partition coefficient (Wildman–Crippen LogP) is 3.68. The van der Waals surface area contributed by atoms with Crippen molar-refractivity contribution < 1.29 is 9.18 Å². The molecule has 1 N–H and O–H groups in total. The zero-order valence-corrected chi connectivity index (χ0v) is 13.2. The Balaban J connectivity index is 2.14. The second kappa shape index (κ2) is 6.38. The van der Waals surface area contributed by atoms with Crippen LogP contribution >= 0.6 is 11.6 Å². The Morgan fingerprint density at radius 2 is 2.09 bits per heavy atom. The van der Waals surface area contributed by atoms with Gasteiger partial charge in [0.15, 0.2) is 0 Å². The van der Waals surface area contributed by atoms with Crippen molar-refractivity contribution in [1.82, 2.24) is 14.9 Å². The second-order valence-corrected chi connectivity index (χ2v) is 5.66. The first-order valence-corrected chi connectivity index (χ1v) is 7.57. The van der Waals surface area contributed by atoms with E-state index < -0.39 is 0 Å². The van der Waals surface area contributed by atoms with Crippen LogP contribution in [0.2, 0.25) is 5.02 Å². The maximum absolute atomic E-state index is 14.1. The van der Waals surface area contributed by atoms with Crippen LogP contribution in [0.5, 0.6) is 0 Å². The van der Waals surface area contributed by atoms with Gasteiger partial charge in [0.05, 0.1) is 23.6 Å². The van der Waals surface area contributed by atoms with E-state index >= 15 is 0 Å². The number of imidazole rings is 1. The third kappa shape index (κ3) is 2.92. The minimum Gasteiger partial charge on any atom is -0.349 e. The van der Waals surface area contributed by atoms with Crippen molar-refractivity contribution in [2.75, 3.05) is 0 Å². The second-order valence-electron chi connectivity index (χ2n) is 5.25. The molecule has 0 spiro atoms. The lowest BCUT2D eigenvalue weighted by Gasteiger charge is -2.15. The van der Waals surface area contributed by atoms with E-state index in [4.69, 9.17) is 11.6 Å². The lowest BCUT2D eigenvalue weighted by molar-refractivity contribution is -0.110. The first-order valence-electron chi connectivity index (χ1n) is 7.19. The summed E-state index contributed by atoms with van der Waals surface area (Å²) in [6.45, 7) is 2.07. The van der Waals surface area contributed by atoms with Crippen molar-refractivity contribution in [3.8, 4) is 0 Å². The number of carbonyl (C=O) groups is 1. The third-order valence-corrected chi connectivity index (χ3v) is 4.12. The van der Waals surface area contributed by atoms with E-state index in [1.54, 1.807) is 12.1 Å². The molecular formula is C17H15ClFN3O. The minimum atomic E-state index is -0.364. The van der Waals surface area contributed by atoms with E-state index in [1.807, 2.05) is 35.8 Å². The van der Waals surface area contributed by atoms with Crippen LogP contribution in [-0.4, -0.2) is 16.0 Å². The Hall–Kier alpha value is -2.40. The quantitative estimate of drug-likeness (QED) is 0.725. The number of hydrogen-bond acceptors (Lipinski definition) is 2. The highest BCUT2D eigenvalue weighted by Crippen LogP contribution is 2.26. The highest BCUT2D eigenvalue weighted by Gasteiger charge is 2.18. The highest BCUT2D eigenvalue weighted by molar-refractivity contribution is 6.31. The molecule has 1 heterocycles. The van der Waals surface area contributed by atoms with Gasteiger partial charge in [-0.05, 0) is 31.2 Å². The van der Waals surface area contributed by atoms with Gasteiger partial charge in [0, 0.05) is 10.6 Å². The summed E-state index contributed by atoms with van der Waals surface area (Å²) in [4.78, 5) is 15.3. The van der Waals surface area contributed by atoms with Crippen molar-refractivity contribution in [1.29, 1.82) is 0 Å². The maximum atomic E-state index is 14.1. The summed E-state index contributed by atoms with van der Waals surface area (Å²) in [5.41, 5.74) is 2.05. The van der Waals surface area contributed by atoms with Gasteiger partial charge in [-0.2, -0.15) is 0 Å². The van der Waals surface area contributed by atoms with Crippen LogP contribution in [0.25, 0.3) is 11.0 Å². The molecule has 1 atom stereocenters. The summed E-state index contributed by atoms with van der Waals surface area (Å²) >= 11 is 6.15. The van der Waals surface area contributed by atoms with E-state index in [2.05, 4.69) is 10.3 Å². The molecule has 4 nitrogen and oxygen atoms in total. The molecule has 3 rings (SSSR count). The normalized spacial score (nSPS) is 12.3. The third-order valence-electron chi connectivity index (χ3n) is 3.77. The van der Waals surface area contributed by atoms with E-state index in [1.165, 1.54) is 6.07 Å². The van der Waals surface area contributed by atoms with Crippen LogP contribution in [0.4, 0.5) is 4.39 Å². The van der Waals surface area contributed by atoms with E-state index in [-0.39, 0.29) is 18.4 Å². The SMILES string of the molecule is C[C@H](NC=O)c1nc2ccccc2n1Cc1c(F)cccc1Cl. The van der Waals surface area contributed by atoms with Crippen molar-refractivity contribution in [2.45, 2.75) is 19.5 Å². The lowest BCUT2D eigenvalue weighted by atomic mass is 10.2. The summed E-state index contributed by atoms with van der Waals surface area (Å²) < 4.78 is 16.0. The first kappa shape index (κ1) is 15.5. The number of amides is 1. The summed E-state index contributed by atoms with van der Waals surface area (Å²) in [6.07, 6.45) is 0.629. The molecule has 2 aromatic carbocycles. The van der Waals surface area contributed by atoms with Crippen molar-refractivity contribution in [2.24, 2.45) is 0 Å². The zero-order valence-electron chi connectivity index (χ0n) is 12.5. The van der Waals surface area contributed by atoms with Crippen LogP contribution in [0.15, 0.2) is 42.5 Å². The number of nitrogens with one attached hydrogen (secondary N) is 1. The maximum Gasteiger partial charge on any atom is 0.207 e. The van der Waals surface area contributed by atoms with Crippen LogP contribution in [0, 0.1) is 5.82 Å². The van der Waals surface area contributed by atoms with Gasteiger partial charge in [0.2, 0.25) is 6.41 Å². The number of fused-ring (bicyclic) bond motifs is 1. The molecule has 1 amide bonds. The number of benzene rings is 2. The Morgan fingerprint density at radius 1 is 1.30 bits per heavy atom. The number of aromatic nitrogens is 2. The van der Waals surface area contributed by atoms with Gasteiger partial charge >= 0.3 is 0 Å². The Kier molecular flexibility index (Phi) is 4.30. The van der Waals surface area contributed by atoms with Crippen LogP contribution in [0.1, 0.15) is 24.4 Å². The molecule has 0 aliphatic rings. The fraction of sp³-hybridized carbons (Fsp3) is 0.176. The smallest absolute Gasteiger partial charge is 0.207 e. The summed E-state index contributed by atoms with van der Waals surface area (Å²) in [7, 11) is 0. The van der Waals surface area contributed by atoms with Gasteiger partial charge in [0.25, 0.3) is 0 Å². The number of halogens is 2. The molecule has 0 unspecified atom stereocenters. The van der Waals surface area contributed by atoms with Crippen LogP contribution in [-0.2, 0) is 11.3 Å². The standard InChI is InChI=1S/C17H15ClFN3O/c1-11(20-10-23)17-21-15-7-2-3-8-16(15)22(17)9-12-13(18)5-4-6-14(12)19/h2-8,10-11H,9H2,1H3,(H,20,23)/t11-/m0/s1. The lowest BCUT2D eigenvalue weighted by Crippen LogP contribution is -2.21. The first-order chi connectivity index (χ1) is 11.1. The largest absolute Gasteiger partial charge is 0.349 e. The molecule has 0 saturated heterocycles. The number of hydrogen-bond donors (Lipinski definition) is 1. The summed E-state index contributed by atoms with van der Waals surface area (Å²) in [6, 6.07) is 11.9. The fourth-order valence-corrected chi connectivity index (χ4v) is 2.83. The molecule has 6 heteroatoms. The van der Waals surface area contributed by atoms with E-state index in [0.29, 0.717) is 22.8 Å². The predicted molar refractivity (Wildman–Crippen MR) is 87.9 cm³/mol. The van der Waals surface area contributed by atoms with Crippen LogP contribution in [0.3, 0.4) is 0 Å². The van der Waals surface area contributed by atoms with Gasteiger partial charge < -0.3 is 9.88 Å². The molecule has 0 aliphatic carbocycles. The summed E-state index contributed by atoms with van der Waals surface area (Å²) in [5, 5.41) is 3.05. The monoisotopic (exact) mass is 331 g/mol. The topological polar surface area (TPSA) is 46.9 Å². The number of carbonyl (C=O) groups excluding carboxylic acids is 1. The number of para-hydroxylation sites is 2. The summed E-state index contributed by atoms with van der Waals surface area (Å²) in [5.74, 6) is 0.287. The molecule has 0 aliphatic heterocycles. The molecule has 23 heavy (non-hydrogen) atoms. The molecule has 0 fully saturated rings. The fourth-order valence-electron chi connectivity index (χ4n) is 2.61. The molecule has 0 radical (unpaired) electrons. The van der Waals surface area contributed by atoms with Gasteiger partial charge in [0.1, 0.15) is 11.6 Å². The van der Waals surface area contributed by atoms with Gasteiger partial charge in [-0.1, -0.05) is 29.8 Å². The van der Waals surface area contributed by atoms with Crippen molar-refractivity contribution in [3.05, 3.63) is 64.7 Å². The van der Waals surface area contributed by atoms with Crippen LogP contribution < -0.4 is 5.32 Å². The number of nitrogens with zero attached hydrogens (tertiary/aromatic N) is 2. The van der Waals surface area contributed by atoms with Crippen molar-refractivity contribution >= 4 is 29.0 Å². The molecule has 3 aromatic rings. The zero-order chi connectivity index (χ0) is 16.4. The average molecular weight is 332 g/mol. The minimum absolute atomic E-state index is 0.242. The van der Waals surface area contributed by atoms with E-state index in [9.17, 15) is 9.18 Å².